The molecule has 3 heteroatoms. The largest absolute Gasteiger partial charge is 0.496 e. The topological polar surface area (TPSA) is 35.5 Å². The lowest BCUT2D eigenvalue weighted by Crippen LogP contribution is -2.05. The molecule has 17 heavy (non-hydrogen) atoms. The quantitative estimate of drug-likeness (QED) is 0.710. The van der Waals surface area contributed by atoms with Crippen molar-refractivity contribution >= 4 is 11.9 Å². The Morgan fingerprint density at radius 1 is 1.35 bits per heavy atom. The van der Waals surface area contributed by atoms with Crippen LogP contribution >= 0.6 is 0 Å². The highest BCUT2D eigenvalue weighted by molar-refractivity contribution is 5.98. The Balaban J connectivity index is 2.99. The molecule has 0 aliphatic carbocycles. The Morgan fingerprint density at radius 2 is 2.06 bits per heavy atom. The number of carbonyl (C=O) groups is 1. The van der Waals surface area contributed by atoms with E-state index in [0.29, 0.717) is 18.8 Å². The van der Waals surface area contributed by atoms with Gasteiger partial charge in [0, 0.05) is 17.7 Å². The van der Waals surface area contributed by atoms with Gasteiger partial charge in [0.25, 0.3) is 0 Å². The van der Waals surface area contributed by atoms with Gasteiger partial charge in [-0.1, -0.05) is 18.2 Å². The molecule has 0 aliphatic rings. The highest BCUT2D eigenvalue weighted by Crippen LogP contribution is 2.20. The van der Waals surface area contributed by atoms with Crippen molar-refractivity contribution < 1.29 is 14.3 Å². The Hall–Kier alpha value is -1.61. The zero-order chi connectivity index (χ0) is 12.7. The summed E-state index contributed by atoms with van der Waals surface area (Å²) < 4.78 is 10.5. The number of benzene rings is 1. The van der Waals surface area contributed by atoms with Gasteiger partial charge in [0.1, 0.15) is 5.75 Å². The van der Waals surface area contributed by atoms with Crippen molar-refractivity contribution in [2.24, 2.45) is 0 Å². The van der Waals surface area contributed by atoms with Crippen molar-refractivity contribution in [3.8, 4) is 5.75 Å². The summed E-state index contributed by atoms with van der Waals surface area (Å²) in [5.74, 6) is 0.770. The summed E-state index contributed by atoms with van der Waals surface area (Å²) in [7, 11) is 1.61. The second-order valence-corrected chi connectivity index (χ2v) is 3.60. The van der Waals surface area contributed by atoms with E-state index < -0.39 is 0 Å². The summed E-state index contributed by atoms with van der Waals surface area (Å²) in [6, 6.07) is 7.58. The molecular weight excluding hydrogens is 216 g/mol. The SMILES string of the molecule is CCOC/C(=C\c1ccccc1OC)C(C)=O. The minimum absolute atomic E-state index is 0.0179. The van der Waals surface area contributed by atoms with Crippen LogP contribution in [0.5, 0.6) is 5.75 Å². The molecule has 0 bridgehead atoms. The Kier molecular flexibility index (Phi) is 5.43. The van der Waals surface area contributed by atoms with E-state index in [2.05, 4.69) is 0 Å². The Labute approximate surface area is 102 Å². The standard InChI is InChI=1S/C14H18O3/c1-4-17-10-13(11(2)15)9-12-7-5-6-8-14(12)16-3/h5-9H,4,10H2,1-3H3/b13-9+. The van der Waals surface area contributed by atoms with Crippen LogP contribution in [0.1, 0.15) is 19.4 Å². The van der Waals surface area contributed by atoms with Crippen molar-refractivity contribution in [2.45, 2.75) is 13.8 Å². The van der Waals surface area contributed by atoms with Gasteiger partial charge in [-0.2, -0.15) is 0 Å². The maximum Gasteiger partial charge on any atom is 0.158 e. The lowest BCUT2D eigenvalue weighted by Gasteiger charge is -2.07. The van der Waals surface area contributed by atoms with E-state index in [4.69, 9.17) is 9.47 Å². The van der Waals surface area contributed by atoms with Gasteiger partial charge >= 0.3 is 0 Å². The molecule has 0 saturated heterocycles. The normalized spacial score (nSPS) is 11.4. The molecule has 0 radical (unpaired) electrons. The second kappa shape index (κ2) is 6.86. The molecule has 0 amide bonds. The average molecular weight is 234 g/mol. The van der Waals surface area contributed by atoms with E-state index in [0.717, 1.165) is 11.3 Å². The summed E-state index contributed by atoms with van der Waals surface area (Å²) in [6.45, 7) is 4.38. The van der Waals surface area contributed by atoms with Crippen molar-refractivity contribution in [2.75, 3.05) is 20.3 Å². The molecule has 0 N–H and O–H groups in total. The molecule has 1 aromatic carbocycles. The van der Waals surface area contributed by atoms with Gasteiger partial charge in [-0.05, 0) is 26.0 Å². The van der Waals surface area contributed by atoms with Crippen molar-refractivity contribution in [1.29, 1.82) is 0 Å². The fraction of sp³-hybridized carbons (Fsp3) is 0.357. The lowest BCUT2D eigenvalue weighted by molar-refractivity contribution is -0.114. The highest BCUT2D eigenvalue weighted by atomic mass is 16.5. The van der Waals surface area contributed by atoms with Gasteiger partial charge in [-0.15, -0.1) is 0 Å². The van der Waals surface area contributed by atoms with Gasteiger partial charge in [-0.3, -0.25) is 4.79 Å². The second-order valence-electron chi connectivity index (χ2n) is 3.60. The van der Waals surface area contributed by atoms with Crippen LogP contribution in [0.3, 0.4) is 0 Å². The molecule has 0 saturated carbocycles. The smallest absolute Gasteiger partial charge is 0.158 e. The third kappa shape index (κ3) is 4.04. The number of hydrogen-bond donors (Lipinski definition) is 0. The van der Waals surface area contributed by atoms with Crippen LogP contribution in [0.4, 0.5) is 0 Å². The zero-order valence-corrected chi connectivity index (χ0v) is 10.5. The van der Waals surface area contributed by atoms with Crippen LogP contribution in [-0.2, 0) is 9.53 Å². The van der Waals surface area contributed by atoms with Gasteiger partial charge in [-0.25, -0.2) is 0 Å². The molecule has 0 atom stereocenters. The number of carbonyl (C=O) groups excluding carboxylic acids is 1. The molecule has 1 aromatic rings. The van der Waals surface area contributed by atoms with E-state index >= 15 is 0 Å². The first-order valence-corrected chi connectivity index (χ1v) is 5.61. The predicted octanol–water partition coefficient (Wildman–Crippen LogP) is 2.70. The molecule has 0 spiro atoms. The first-order valence-electron chi connectivity index (χ1n) is 5.61. The summed E-state index contributed by atoms with van der Waals surface area (Å²) in [6.07, 6.45) is 1.82. The van der Waals surface area contributed by atoms with Gasteiger partial charge < -0.3 is 9.47 Å². The molecule has 0 aromatic heterocycles. The molecule has 0 unspecified atom stereocenters. The number of hydrogen-bond acceptors (Lipinski definition) is 3. The summed E-state index contributed by atoms with van der Waals surface area (Å²) in [5, 5.41) is 0. The van der Waals surface area contributed by atoms with Crippen LogP contribution in [0.15, 0.2) is 29.8 Å². The van der Waals surface area contributed by atoms with Gasteiger partial charge in [0.2, 0.25) is 0 Å². The molecule has 92 valence electrons. The zero-order valence-electron chi connectivity index (χ0n) is 10.5. The number of ketones is 1. The van der Waals surface area contributed by atoms with Crippen LogP contribution < -0.4 is 4.74 Å². The fourth-order valence-corrected chi connectivity index (χ4v) is 1.43. The maximum atomic E-state index is 11.5. The van der Waals surface area contributed by atoms with E-state index in [1.807, 2.05) is 37.3 Å². The van der Waals surface area contributed by atoms with Crippen LogP contribution in [0, 0.1) is 0 Å². The minimum atomic E-state index is 0.0179. The van der Waals surface area contributed by atoms with Gasteiger partial charge in [0.15, 0.2) is 5.78 Å². The average Bonchev–Trinajstić information content (AvgIpc) is 2.34. The number of Topliss-reactive ketones (excluding diaryl/α,β-unsaturated/α-hetero) is 1. The molecule has 0 fully saturated rings. The number of rotatable bonds is 6. The predicted molar refractivity (Wildman–Crippen MR) is 68.1 cm³/mol. The maximum absolute atomic E-state index is 11.5. The van der Waals surface area contributed by atoms with E-state index in [9.17, 15) is 4.79 Å². The third-order valence-electron chi connectivity index (χ3n) is 2.38. The molecule has 0 heterocycles. The number of para-hydroxylation sites is 1. The lowest BCUT2D eigenvalue weighted by atomic mass is 10.1. The number of methoxy groups -OCH3 is 1. The number of ether oxygens (including phenoxy) is 2. The molecular formula is C14H18O3. The van der Waals surface area contributed by atoms with E-state index in [1.54, 1.807) is 14.0 Å². The molecule has 0 aliphatic heterocycles. The van der Waals surface area contributed by atoms with Crippen LogP contribution in [-0.4, -0.2) is 26.1 Å². The van der Waals surface area contributed by atoms with Crippen LogP contribution in [0.2, 0.25) is 0 Å². The highest BCUT2D eigenvalue weighted by Gasteiger charge is 2.06. The first kappa shape index (κ1) is 13.5. The fourth-order valence-electron chi connectivity index (χ4n) is 1.43. The Morgan fingerprint density at radius 3 is 2.65 bits per heavy atom. The third-order valence-corrected chi connectivity index (χ3v) is 2.38. The van der Waals surface area contributed by atoms with Gasteiger partial charge in [0.05, 0.1) is 13.7 Å². The Bertz CT molecular complexity index is 408. The summed E-state index contributed by atoms with van der Waals surface area (Å²) in [4.78, 5) is 11.5. The van der Waals surface area contributed by atoms with Crippen LogP contribution in [0.25, 0.3) is 6.08 Å². The summed E-state index contributed by atoms with van der Waals surface area (Å²) >= 11 is 0. The summed E-state index contributed by atoms with van der Waals surface area (Å²) in [5.41, 5.74) is 1.54. The van der Waals surface area contributed by atoms with Crippen molar-refractivity contribution in [1.82, 2.24) is 0 Å². The van der Waals surface area contributed by atoms with Crippen molar-refractivity contribution in [3.05, 3.63) is 35.4 Å². The van der Waals surface area contributed by atoms with E-state index in [-0.39, 0.29) is 5.78 Å². The first-order chi connectivity index (χ1) is 8.19. The van der Waals surface area contributed by atoms with E-state index in [1.165, 1.54) is 0 Å². The minimum Gasteiger partial charge on any atom is -0.496 e. The molecule has 3 nitrogen and oxygen atoms in total. The molecule has 1 rings (SSSR count). The monoisotopic (exact) mass is 234 g/mol. The van der Waals surface area contributed by atoms with Crippen molar-refractivity contribution in [3.63, 3.8) is 0 Å².